The van der Waals surface area contributed by atoms with E-state index in [4.69, 9.17) is 11.6 Å². The standard InChI is InChI=1S/C8H10ClN5/c9-2-1-3-10-7-8-13-12-6-14(8)5-4-11-7/h4-6H,1-3H2,(H,10,11). The molecule has 0 bridgehead atoms. The molecular weight excluding hydrogens is 202 g/mol. The van der Waals surface area contributed by atoms with Crippen LogP contribution in [0.2, 0.25) is 0 Å². The van der Waals surface area contributed by atoms with Gasteiger partial charge >= 0.3 is 0 Å². The first-order chi connectivity index (χ1) is 6.92. The zero-order valence-electron chi connectivity index (χ0n) is 7.52. The molecule has 0 atom stereocenters. The highest BCUT2D eigenvalue weighted by atomic mass is 35.5. The van der Waals surface area contributed by atoms with Crippen LogP contribution in [0.25, 0.3) is 5.65 Å². The van der Waals surface area contributed by atoms with Gasteiger partial charge in [0.2, 0.25) is 5.65 Å². The minimum atomic E-state index is 0.642. The molecule has 0 saturated heterocycles. The van der Waals surface area contributed by atoms with E-state index in [2.05, 4.69) is 20.5 Å². The maximum atomic E-state index is 5.57. The number of hydrogen-bond donors (Lipinski definition) is 1. The van der Waals surface area contributed by atoms with Crippen molar-refractivity contribution in [3.8, 4) is 0 Å². The van der Waals surface area contributed by atoms with Crippen molar-refractivity contribution in [2.24, 2.45) is 0 Å². The molecular formula is C8H10ClN5. The average Bonchev–Trinajstić information content (AvgIpc) is 2.67. The Balaban J connectivity index is 2.19. The van der Waals surface area contributed by atoms with E-state index in [-0.39, 0.29) is 0 Å². The number of anilines is 1. The van der Waals surface area contributed by atoms with Gasteiger partial charge in [-0.25, -0.2) is 4.98 Å². The topological polar surface area (TPSA) is 55.1 Å². The maximum Gasteiger partial charge on any atom is 0.203 e. The van der Waals surface area contributed by atoms with Crippen molar-refractivity contribution in [2.75, 3.05) is 17.7 Å². The third-order valence-electron chi connectivity index (χ3n) is 1.82. The van der Waals surface area contributed by atoms with Crippen LogP contribution in [0.5, 0.6) is 0 Å². The number of alkyl halides is 1. The molecule has 14 heavy (non-hydrogen) atoms. The Morgan fingerprint density at radius 3 is 3.29 bits per heavy atom. The summed E-state index contributed by atoms with van der Waals surface area (Å²) in [5.41, 5.74) is 0.738. The van der Waals surface area contributed by atoms with Gasteiger partial charge in [0, 0.05) is 24.8 Å². The second-order valence-corrected chi connectivity index (χ2v) is 3.18. The summed E-state index contributed by atoms with van der Waals surface area (Å²) < 4.78 is 1.82. The lowest BCUT2D eigenvalue weighted by Gasteiger charge is -2.03. The lowest BCUT2D eigenvalue weighted by Crippen LogP contribution is -2.05. The maximum absolute atomic E-state index is 5.57. The number of nitrogens with one attached hydrogen (secondary N) is 1. The van der Waals surface area contributed by atoms with Crippen molar-refractivity contribution >= 4 is 23.1 Å². The van der Waals surface area contributed by atoms with Crippen LogP contribution in [0.4, 0.5) is 5.82 Å². The van der Waals surface area contributed by atoms with Crippen LogP contribution < -0.4 is 5.32 Å². The first kappa shape index (κ1) is 9.21. The van der Waals surface area contributed by atoms with E-state index in [1.54, 1.807) is 12.5 Å². The summed E-state index contributed by atoms with van der Waals surface area (Å²) in [7, 11) is 0. The molecule has 0 aliphatic heterocycles. The van der Waals surface area contributed by atoms with Gasteiger partial charge in [0.1, 0.15) is 6.33 Å². The van der Waals surface area contributed by atoms with Gasteiger partial charge in [-0.3, -0.25) is 4.40 Å². The molecule has 5 nitrogen and oxygen atoms in total. The number of fused-ring (bicyclic) bond motifs is 1. The summed E-state index contributed by atoms with van der Waals surface area (Å²) in [6.45, 7) is 0.795. The molecule has 2 heterocycles. The number of aromatic nitrogens is 4. The minimum absolute atomic E-state index is 0.642. The van der Waals surface area contributed by atoms with Gasteiger partial charge in [-0.15, -0.1) is 21.8 Å². The van der Waals surface area contributed by atoms with Gasteiger partial charge < -0.3 is 5.32 Å². The van der Waals surface area contributed by atoms with Crippen LogP contribution >= 0.6 is 11.6 Å². The molecule has 1 N–H and O–H groups in total. The van der Waals surface area contributed by atoms with Crippen LogP contribution in [0.1, 0.15) is 6.42 Å². The van der Waals surface area contributed by atoms with E-state index in [0.717, 1.165) is 24.4 Å². The summed E-state index contributed by atoms with van der Waals surface area (Å²) in [6.07, 6.45) is 6.06. The van der Waals surface area contributed by atoms with Crippen LogP contribution in [0, 0.1) is 0 Å². The van der Waals surface area contributed by atoms with E-state index in [1.807, 2.05) is 10.6 Å². The van der Waals surface area contributed by atoms with Crippen molar-refractivity contribution in [2.45, 2.75) is 6.42 Å². The van der Waals surface area contributed by atoms with Crippen molar-refractivity contribution in [3.63, 3.8) is 0 Å². The minimum Gasteiger partial charge on any atom is -0.367 e. The van der Waals surface area contributed by atoms with Gasteiger partial charge in [-0.1, -0.05) is 0 Å². The number of nitrogens with zero attached hydrogens (tertiary/aromatic N) is 4. The fourth-order valence-corrected chi connectivity index (χ4v) is 1.29. The Kier molecular flexibility index (Phi) is 2.78. The van der Waals surface area contributed by atoms with Crippen molar-refractivity contribution in [3.05, 3.63) is 18.7 Å². The Bertz CT molecular complexity index is 413. The first-order valence-electron chi connectivity index (χ1n) is 4.36. The van der Waals surface area contributed by atoms with Gasteiger partial charge in [-0.05, 0) is 6.42 Å². The molecule has 2 aromatic rings. The zero-order chi connectivity index (χ0) is 9.80. The van der Waals surface area contributed by atoms with Crippen molar-refractivity contribution < 1.29 is 0 Å². The second-order valence-electron chi connectivity index (χ2n) is 2.81. The monoisotopic (exact) mass is 211 g/mol. The molecule has 74 valence electrons. The van der Waals surface area contributed by atoms with Crippen molar-refractivity contribution in [1.82, 2.24) is 19.6 Å². The molecule has 0 radical (unpaired) electrons. The fraction of sp³-hybridized carbons (Fsp3) is 0.375. The molecule has 6 heteroatoms. The molecule has 0 aromatic carbocycles. The van der Waals surface area contributed by atoms with E-state index in [1.165, 1.54) is 0 Å². The predicted octanol–water partition coefficient (Wildman–Crippen LogP) is 1.17. The van der Waals surface area contributed by atoms with E-state index in [0.29, 0.717) is 5.88 Å². The van der Waals surface area contributed by atoms with Gasteiger partial charge in [0.25, 0.3) is 0 Å². The Morgan fingerprint density at radius 1 is 1.50 bits per heavy atom. The molecule has 0 unspecified atom stereocenters. The molecule has 0 spiro atoms. The van der Waals surface area contributed by atoms with Crippen LogP contribution in [-0.4, -0.2) is 32.0 Å². The highest BCUT2D eigenvalue weighted by molar-refractivity contribution is 6.17. The van der Waals surface area contributed by atoms with Gasteiger partial charge in [0.05, 0.1) is 0 Å². The summed E-state index contributed by atoms with van der Waals surface area (Å²) in [6, 6.07) is 0. The highest BCUT2D eigenvalue weighted by Crippen LogP contribution is 2.09. The molecule has 0 fully saturated rings. The smallest absolute Gasteiger partial charge is 0.203 e. The molecule has 0 saturated carbocycles. The number of hydrogen-bond acceptors (Lipinski definition) is 4. The average molecular weight is 212 g/mol. The van der Waals surface area contributed by atoms with E-state index in [9.17, 15) is 0 Å². The lowest BCUT2D eigenvalue weighted by atomic mass is 10.4. The normalized spacial score (nSPS) is 10.6. The molecule has 0 aliphatic rings. The van der Waals surface area contributed by atoms with Gasteiger partial charge in [0.15, 0.2) is 5.82 Å². The van der Waals surface area contributed by atoms with Crippen LogP contribution in [0.15, 0.2) is 18.7 Å². The summed E-state index contributed by atoms with van der Waals surface area (Å²) in [5, 5.41) is 10.9. The summed E-state index contributed by atoms with van der Waals surface area (Å²) in [4.78, 5) is 4.17. The summed E-state index contributed by atoms with van der Waals surface area (Å²) in [5.74, 6) is 1.39. The van der Waals surface area contributed by atoms with Crippen molar-refractivity contribution in [1.29, 1.82) is 0 Å². The zero-order valence-corrected chi connectivity index (χ0v) is 8.28. The fourth-order valence-electron chi connectivity index (χ4n) is 1.16. The molecule has 0 amide bonds. The predicted molar refractivity (Wildman–Crippen MR) is 54.6 cm³/mol. The molecule has 0 aliphatic carbocycles. The third kappa shape index (κ3) is 1.77. The van der Waals surface area contributed by atoms with E-state index >= 15 is 0 Å². The Hall–Kier alpha value is -1.36. The number of halogens is 1. The van der Waals surface area contributed by atoms with Gasteiger partial charge in [-0.2, -0.15) is 0 Å². The Morgan fingerprint density at radius 2 is 2.43 bits per heavy atom. The second kappa shape index (κ2) is 4.23. The molecule has 2 rings (SSSR count). The van der Waals surface area contributed by atoms with E-state index < -0.39 is 0 Å². The quantitative estimate of drug-likeness (QED) is 0.609. The molecule has 2 aromatic heterocycles. The largest absolute Gasteiger partial charge is 0.367 e. The number of rotatable bonds is 4. The SMILES string of the molecule is ClCCCNc1nccn2cnnc12. The van der Waals surface area contributed by atoms with Crippen LogP contribution in [0.3, 0.4) is 0 Å². The highest BCUT2D eigenvalue weighted by Gasteiger charge is 2.02. The Labute approximate surface area is 86.1 Å². The van der Waals surface area contributed by atoms with Crippen LogP contribution in [-0.2, 0) is 0 Å². The first-order valence-corrected chi connectivity index (χ1v) is 4.89. The third-order valence-corrected chi connectivity index (χ3v) is 2.09. The lowest BCUT2D eigenvalue weighted by molar-refractivity contribution is 0.970. The summed E-state index contributed by atoms with van der Waals surface area (Å²) >= 11 is 5.57.